The van der Waals surface area contributed by atoms with E-state index in [4.69, 9.17) is 32.8 Å². The lowest BCUT2D eigenvalue weighted by Crippen LogP contribution is -2.00. The van der Waals surface area contributed by atoms with Gasteiger partial charge in [0.1, 0.15) is 0 Å². The molecule has 0 amide bonds. The third-order valence-corrected chi connectivity index (χ3v) is 8.88. The molecule has 9 rings (SSSR count). The number of aromatic nitrogens is 3. The molecule has 0 saturated carbocycles. The van der Waals surface area contributed by atoms with Crippen LogP contribution in [0, 0.1) is 0 Å². The van der Waals surface area contributed by atoms with Crippen LogP contribution < -0.4 is 0 Å². The van der Waals surface area contributed by atoms with Crippen molar-refractivity contribution in [1.29, 1.82) is 0 Å². The Hall–Kier alpha value is -6.23. The standard InChI is InChI=1S/C45H29N3S/c1-4-11-30(12-5-1)32-19-23-35(24-20-32)43-46-44(36-25-21-33(22-26-36)31-13-6-2-7-14-31)48-45(47-43)37-27-28-39-41(29-37)49-40-18-10-17-38(42(39)40)34-15-8-3-9-16-34/h1-29H/i1D,3D,4D,5D,8D,9D,10D,11D,12D,15D,16D,17D,18D,27D,28D,29D. The molecule has 0 aliphatic rings. The van der Waals surface area contributed by atoms with E-state index in [1.807, 2.05) is 42.5 Å². The Balaban J connectivity index is 1.28. The lowest BCUT2D eigenvalue weighted by atomic mass is 9.99. The Morgan fingerprint density at radius 2 is 0.918 bits per heavy atom. The molecule has 9 aromatic rings. The van der Waals surface area contributed by atoms with Gasteiger partial charge in [-0.3, -0.25) is 0 Å². The normalized spacial score (nSPS) is 15.8. The van der Waals surface area contributed by atoms with Gasteiger partial charge in [0, 0.05) is 36.9 Å². The van der Waals surface area contributed by atoms with Crippen molar-refractivity contribution in [2.45, 2.75) is 0 Å². The van der Waals surface area contributed by atoms with Gasteiger partial charge in [-0.1, -0.05) is 163 Å². The lowest BCUT2D eigenvalue weighted by Gasteiger charge is -2.10. The van der Waals surface area contributed by atoms with Crippen molar-refractivity contribution >= 4 is 31.5 Å². The van der Waals surface area contributed by atoms with Gasteiger partial charge in [-0.25, -0.2) is 15.0 Å². The molecule has 0 aliphatic heterocycles. The second-order valence-electron chi connectivity index (χ2n) is 10.8. The summed E-state index contributed by atoms with van der Waals surface area (Å²) in [5.41, 5.74) is 2.23. The van der Waals surface area contributed by atoms with Gasteiger partial charge in [-0.2, -0.15) is 0 Å². The van der Waals surface area contributed by atoms with E-state index in [9.17, 15) is 4.11 Å². The van der Waals surface area contributed by atoms with E-state index in [-0.39, 0.29) is 72.5 Å². The molecule has 0 atom stereocenters. The zero-order valence-electron chi connectivity index (χ0n) is 41.3. The van der Waals surface area contributed by atoms with Crippen molar-refractivity contribution in [2.24, 2.45) is 0 Å². The molecule has 4 heteroatoms. The molecule has 49 heavy (non-hydrogen) atoms. The molecular weight excluding hydrogens is 615 g/mol. The molecule has 0 bridgehead atoms. The zero-order valence-corrected chi connectivity index (χ0v) is 26.1. The molecule has 2 heterocycles. The maximum Gasteiger partial charge on any atom is 0.164 e. The van der Waals surface area contributed by atoms with Crippen LogP contribution in [0.5, 0.6) is 0 Å². The Morgan fingerprint density at radius 3 is 1.55 bits per heavy atom. The number of fused-ring (bicyclic) bond motifs is 3. The van der Waals surface area contributed by atoms with Crippen LogP contribution in [0.3, 0.4) is 0 Å². The number of nitrogens with zero attached hydrogens (tertiary/aromatic N) is 3. The van der Waals surface area contributed by atoms with Crippen molar-refractivity contribution in [3.63, 3.8) is 0 Å². The maximum absolute atomic E-state index is 9.58. The van der Waals surface area contributed by atoms with Crippen LogP contribution in [0.4, 0.5) is 0 Å². The molecule has 0 saturated heterocycles. The summed E-state index contributed by atoms with van der Waals surface area (Å²) in [6, 6.07) is 14.7. The minimum atomic E-state index is -0.690. The summed E-state index contributed by atoms with van der Waals surface area (Å²) < 4.78 is 138. The second kappa shape index (κ2) is 12.4. The monoisotopic (exact) mass is 659 g/mol. The first-order valence-corrected chi connectivity index (χ1v) is 15.9. The van der Waals surface area contributed by atoms with E-state index in [2.05, 4.69) is 0 Å². The smallest absolute Gasteiger partial charge is 0.164 e. The van der Waals surface area contributed by atoms with Crippen LogP contribution in [0.15, 0.2) is 176 Å². The van der Waals surface area contributed by atoms with Gasteiger partial charge in [-0.15, -0.1) is 11.3 Å². The van der Waals surface area contributed by atoms with E-state index >= 15 is 0 Å². The largest absolute Gasteiger partial charge is 0.208 e. The van der Waals surface area contributed by atoms with E-state index < -0.39 is 84.1 Å². The van der Waals surface area contributed by atoms with Gasteiger partial charge in [0.2, 0.25) is 0 Å². The fourth-order valence-electron chi connectivity index (χ4n) is 5.49. The highest BCUT2D eigenvalue weighted by Gasteiger charge is 2.16. The Morgan fingerprint density at radius 1 is 0.388 bits per heavy atom. The Labute approximate surface area is 311 Å². The van der Waals surface area contributed by atoms with Crippen molar-refractivity contribution in [3.8, 4) is 67.5 Å². The zero-order chi connectivity index (χ0) is 46.5. The third-order valence-electron chi connectivity index (χ3n) is 7.86. The van der Waals surface area contributed by atoms with Crippen LogP contribution in [-0.4, -0.2) is 15.0 Å². The number of rotatable bonds is 6. The molecule has 3 nitrogen and oxygen atoms in total. The average molecular weight is 660 g/mol. The fraction of sp³-hybridized carbons (Fsp3) is 0. The summed E-state index contributed by atoms with van der Waals surface area (Å²) in [6.07, 6.45) is 0. The summed E-state index contributed by atoms with van der Waals surface area (Å²) in [5, 5.41) is -0.149. The molecular formula is C45H29N3S. The average Bonchev–Trinajstić information content (AvgIpc) is 3.73. The number of hydrogen-bond donors (Lipinski definition) is 0. The van der Waals surface area contributed by atoms with Crippen LogP contribution in [-0.2, 0) is 0 Å². The molecule has 2 aromatic heterocycles. The number of benzene rings is 7. The summed E-state index contributed by atoms with van der Waals surface area (Å²) in [4.78, 5) is 14.2. The molecule has 230 valence electrons. The quantitative estimate of drug-likeness (QED) is 0.178. The minimum absolute atomic E-state index is 0.00368. The maximum atomic E-state index is 9.58. The van der Waals surface area contributed by atoms with Gasteiger partial charge < -0.3 is 0 Å². The van der Waals surface area contributed by atoms with E-state index in [1.165, 1.54) is 0 Å². The highest BCUT2D eigenvalue weighted by molar-refractivity contribution is 7.26. The van der Waals surface area contributed by atoms with Crippen molar-refractivity contribution < 1.29 is 21.9 Å². The van der Waals surface area contributed by atoms with Crippen molar-refractivity contribution in [2.75, 3.05) is 0 Å². The molecule has 0 unspecified atom stereocenters. The summed E-state index contributed by atoms with van der Waals surface area (Å²) in [5.74, 6) is 0.0332. The SMILES string of the molecule is [2H]c1c([2H])c([2H])c(-c2ccc(-c3nc(-c4ccc(-c5ccccc5)cc4)nc(-c4c([2H])c([2H])c5c(sc6c([2H])c([2H])c([2H])c(-c7c([2H])c([2H])c([2H])c([2H])c7[2H])c65)c4[2H])n3)cc2)c([2H])c1[2H]. The summed E-state index contributed by atoms with van der Waals surface area (Å²) in [6.45, 7) is 0. The van der Waals surface area contributed by atoms with Gasteiger partial charge in [0.15, 0.2) is 17.5 Å². The first kappa shape index (κ1) is 16.7. The Bertz CT molecular complexity index is 3430. The van der Waals surface area contributed by atoms with Gasteiger partial charge >= 0.3 is 0 Å². The van der Waals surface area contributed by atoms with Crippen LogP contribution >= 0.6 is 11.3 Å². The van der Waals surface area contributed by atoms with Crippen LogP contribution in [0.25, 0.3) is 87.7 Å². The minimum Gasteiger partial charge on any atom is -0.208 e. The highest BCUT2D eigenvalue weighted by atomic mass is 32.1. The van der Waals surface area contributed by atoms with Crippen molar-refractivity contribution in [3.05, 3.63) is 176 Å². The molecule has 0 radical (unpaired) electrons. The summed E-state index contributed by atoms with van der Waals surface area (Å²) >= 11 is 0.832. The van der Waals surface area contributed by atoms with E-state index in [0.717, 1.165) is 22.5 Å². The van der Waals surface area contributed by atoms with Gasteiger partial charge in [0.25, 0.3) is 0 Å². The predicted molar refractivity (Wildman–Crippen MR) is 205 cm³/mol. The van der Waals surface area contributed by atoms with Crippen LogP contribution in [0.1, 0.15) is 21.9 Å². The first-order valence-electron chi connectivity index (χ1n) is 23.1. The topological polar surface area (TPSA) is 38.7 Å². The van der Waals surface area contributed by atoms with E-state index in [1.54, 1.807) is 36.4 Å². The second-order valence-corrected chi connectivity index (χ2v) is 11.9. The van der Waals surface area contributed by atoms with Crippen LogP contribution in [0.2, 0.25) is 0 Å². The molecule has 0 aliphatic carbocycles. The molecule has 0 N–H and O–H groups in total. The Kier molecular flexibility index (Phi) is 4.24. The van der Waals surface area contributed by atoms with Gasteiger partial charge in [-0.05, 0) is 45.5 Å². The molecule has 7 aromatic carbocycles. The van der Waals surface area contributed by atoms with Crippen molar-refractivity contribution in [1.82, 2.24) is 15.0 Å². The van der Waals surface area contributed by atoms with Gasteiger partial charge in [0.05, 0.1) is 21.9 Å². The molecule has 0 spiro atoms. The molecule has 0 fully saturated rings. The lowest BCUT2D eigenvalue weighted by molar-refractivity contribution is 1.07. The number of thiophene rings is 1. The first-order chi connectivity index (χ1) is 30.9. The fourth-order valence-corrected chi connectivity index (χ4v) is 6.51. The van der Waals surface area contributed by atoms with E-state index in [0.29, 0.717) is 16.7 Å². The predicted octanol–water partition coefficient (Wildman–Crippen LogP) is 12.2. The number of hydrogen-bond acceptors (Lipinski definition) is 4. The summed E-state index contributed by atoms with van der Waals surface area (Å²) in [7, 11) is 0. The third kappa shape index (κ3) is 5.58. The highest BCUT2D eigenvalue weighted by Crippen LogP contribution is 2.41.